The van der Waals surface area contributed by atoms with Gasteiger partial charge in [-0.15, -0.1) is 24.0 Å². The Morgan fingerprint density at radius 2 is 1.86 bits per heavy atom. The third kappa shape index (κ3) is 7.61. The van der Waals surface area contributed by atoms with E-state index in [1.165, 1.54) is 56.7 Å². The molecule has 2 aliphatic rings. The Balaban J connectivity index is 0.00000300. The van der Waals surface area contributed by atoms with Gasteiger partial charge in [-0.25, -0.2) is 0 Å². The highest BCUT2D eigenvalue weighted by Crippen LogP contribution is 2.23. The van der Waals surface area contributed by atoms with Crippen LogP contribution in [0.3, 0.4) is 0 Å². The SMILES string of the molecule is CN=C(NCCN1CCCN(C)CC1)NC(C)c1cccc(N2CCCC2)c1.I. The van der Waals surface area contributed by atoms with Crippen molar-refractivity contribution >= 4 is 35.6 Å². The van der Waals surface area contributed by atoms with E-state index in [1.54, 1.807) is 0 Å². The number of hydrogen-bond acceptors (Lipinski definition) is 4. The van der Waals surface area contributed by atoms with Gasteiger partial charge in [0, 0.05) is 52.0 Å². The van der Waals surface area contributed by atoms with Crippen molar-refractivity contribution in [1.29, 1.82) is 0 Å². The molecule has 0 spiro atoms. The lowest BCUT2D eigenvalue weighted by Crippen LogP contribution is -2.43. The zero-order valence-corrected chi connectivity index (χ0v) is 20.7. The van der Waals surface area contributed by atoms with Crippen LogP contribution in [0.5, 0.6) is 0 Å². The predicted octanol–water partition coefficient (Wildman–Crippen LogP) is 2.77. The number of aliphatic imine (C=N–C) groups is 1. The Morgan fingerprint density at radius 3 is 2.62 bits per heavy atom. The summed E-state index contributed by atoms with van der Waals surface area (Å²) < 4.78 is 0. The monoisotopic (exact) mass is 514 g/mol. The number of nitrogens with zero attached hydrogens (tertiary/aromatic N) is 4. The van der Waals surface area contributed by atoms with Crippen molar-refractivity contribution in [3.63, 3.8) is 0 Å². The number of guanidine groups is 1. The molecule has 1 aromatic rings. The summed E-state index contributed by atoms with van der Waals surface area (Å²) in [5, 5.41) is 7.04. The zero-order chi connectivity index (χ0) is 19.8. The van der Waals surface area contributed by atoms with Gasteiger partial charge in [-0.3, -0.25) is 4.99 Å². The molecule has 2 saturated heterocycles. The minimum Gasteiger partial charge on any atom is -0.372 e. The fourth-order valence-electron chi connectivity index (χ4n) is 4.11. The fourth-order valence-corrected chi connectivity index (χ4v) is 4.11. The molecule has 29 heavy (non-hydrogen) atoms. The summed E-state index contributed by atoms with van der Waals surface area (Å²) in [6.07, 6.45) is 3.87. The summed E-state index contributed by atoms with van der Waals surface area (Å²) in [5.74, 6) is 0.881. The minimum atomic E-state index is 0. The van der Waals surface area contributed by atoms with Crippen molar-refractivity contribution in [3.05, 3.63) is 29.8 Å². The van der Waals surface area contributed by atoms with E-state index in [2.05, 4.69) is 68.6 Å². The van der Waals surface area contributed by atoms with Gasteiger partial charge in [0.15, 0.2) is 5.96 Å². The highest BCUT2D eigenvalue weighted by molar-refractivity contribution is 14.0. The van der Waals surface area contributed by atoms with E-state index in [0.717, 1.165) is 32.1 Å². The summed E-state index contributed by atoms with van der Waals surface area (Å²) in [6.45, 7) is 11.3. The first-order valence-electron chi connectivity index (χ1n) is 10.9. The number of benzene rings is 1. The van der Waals surface area contributed by atoms with Gasteiger partial charge in [0.2, 0.25) is 0 Å². The van der Waals surface area contributed by atoms with Crippen molar-refractivity contribution in [1.82, 2.24) is 20.4 Å². The number of likely N-dealkylation sites (N-methyl/N-ethyl adjacent to an activating group) is 1. The Morgan fingerprint density at radius 1 is 1.07 bits per heavy atom. The molecule has 0 saturated carbocycles. The maximum atomic E-state index is 4.42. The van der Waals surface area contributed by atoms with Crippen LogP contribution in [-0.2, 0) is 0 Å². The molecule has 2 heterocycles. The molecule has 7 heteroatoms. The van der Waals surface area contributed by atoms with Gasteiger partial charge in [0.05, 0.1) is 6.04 Å². The van der Waals surface area contributed by atoms with E-state index in [0.29, 0.717) is 0 Å². The van der Waals surface area contributed by atoms with Crippen LogP contribution in [0.2, 0.25) is 0 Å². The third-order valence-corrected chi connectivity index (χ3v) is 5.95. The second kappa shape index (κ2) is 12.6. The van der Waals surface area contributed by atoms with E-state index >= 15 is 0 Å². The quantitative estimate of drug-likeness (QED) is 0.348. The fraction of sp³-hybridized carbons (Fsp3) is 0.682. The van der Waals surface area contributed by atoms with Gasteiger partial charge in [-0.05, 0) is 64.0 Å². The Bertz CT molecular complexity index is 631. The zero-order valence-electron chi connectivity index (χ0n) is 18.4. The first-order chi connectivity index (χ1) is 13.7. The lowest BCUT2D eigenvalue weighted by molar-refractivity contribution is 0.280. The number of halogens is 1. The average molecular weight is 515 g/mol. The lowest BCUT2D eigenvalue weighted by atomic mass is 10.1. The van der Waals surface area contributed by atoms with E-state index in [-0.39, 0.29) is 30.0 Å². The molecule has 2 N–H and O–H groups in total. The standard InChI is InChI=1S/C22H38N6.HI/c1-19(20-8-6-9-21(18-20)28-13-4-5-14-28)25-22(23-2)24-10-15-27-12-7-11-26(3)16-17-27;/h6,8-9,18-19H,4-5,7,10-17H2,1-3H3,(H2,23,24,25);1H. The van der Waals surface area contributed by atoms with Crippen molar-refractivity contribution in [2.75, 3.05) is 71.4 Å². The van der Waals surface area contributed by atoms with Crippen molar-refractivity contribution < 1.29 is 0 Å². The molecule has 0 aromatic heterocycles. The van der Waals surface area contributed by atoms with E-state index in [4.69, 9.17) is 0 Å². The van der Waals surface area contributed by atoms with Gasteiger partial charge in [0.1, 0.15) is 0 Å². The molecule has 6 nitrogen and oxygen atoms in total. The molecule has 2 fully saturated rings. The molecule has 0 radical (unpaired) electrons. The van der Waals surface area contributed by atoms with E-state index in [1.807, 2.05) is 7.05 Å². The van der Waals surface area contributed by atoms with Crippen LogP contribution in [0.15, 0.2) is 29.3 Å². The summed E-state index contributed by atoms with van der Waals surface area (Å²) in [4.78, 5) is 11.9. The van der Waals surface area contributed by atoms with Crippen molar-refractivity contribution in [3.8, 4) is 0 Å². The molecular formula is C22H39IN6. The molecule has 1 unspecified atom stereocenters. The number of nitrogens with one attached hydrogen (secondary N) is 2. The predicted molar refractivity (Wildman–Crippen MR) is 135 cm³/mol. The maximum absolute atomic E-state index is 4.42. The normalized spacial score (nSPS) is 20.1. The summed E-state index contributed by atoms with van der Waals surface area (Å²) in [6, 6.07) is 9.16. The van der Waals surface area contributed by atoms with Gasteiger partial charge in [-0.1, -0.05) is 12.1 Å². The van der Waals surface area contributed by atoms with Gasteiger partial charge in [0.25, 0.3) is 0 Å². The van der Waals surface area contributed by atoms with Crippen LogP contribution in [-0.4, -0.2) is 82.2 Å². The number of anilines is 1. The van der Waals surface area contributed by atoms with Crippen LogP contribution >= 0.6 is 24.0 Å². The molecule has 0 amide bonds. The smallest absolute Gasteiger partial charge is 0.191 e. The molecular weight excluding hydrogens is 475 g/mol. The molecule has 1 atom stereocenters. The average Bonchev–Trinajstić information content (AvgIpc) is 3.18. The highest BCUT2D eigenvalue weighted by Gasteiger charge is 2.15. The second-order valence-electron chi connectivity index (χ2n) is 8.15. The van der Waals surface area contributed by atoms with Crippen LogP contribution in [0.1, 0.15) is 37.8 Å². The van der Waals surface area contributed by atoms with Crippen LogP contribution in [0.25, 0.3) is 0 Å². The Labute approximate surface area is 194 Å². The minimum absolute atomic E-state index is 0. The number of rotatable bonds is 6. The first kappa shape index (κ1) is 24.2. The maximum Gasteiger partial charge on any atom is 0.191 e. The van der Waals surface area contributed by atoms with Crippen molar-refractivity contribution in [2.45, 2.75) is 32.2 Å². The van der Waals surface area contributed by atoms with E-state index in [9.17, 15) is 0 Å². The van der Waals surface area contributed by atoms with Gasteiger partial charge < -0.3 is 25.3 Å². The van der Waals surface area contributed by atoms with Gasteiger partial charge in [-0.2, -0.15) is 0 Å². The summed E-state index contributed by atoms with van der Waals surface area (Å²) in [7, 11) is 4.07. The van der Waals surface area contributed by atoms with Crippen LogP contribution < -0.4 is 15.5 Å². The second-order valence-corrected chi connectivity index (χ2v) is 8.15. The largest absolute Gasteiger partial charge is 0.372 e. The van der Waals surface area contributed by atoms with Gasteiger partial charge >= 0.3 is 0 Å². The molecule has 1 aromatic carbocycles. The lowest BCUT2D eigenvalue weighted by Gasteiger charge is -2.23. The van der Waals surface area contributed by atoms with Crippen LogP contribution in [0, 0.1) is 0 Å². The first-order valence-corrected chi connectivity index (χ1v) is 10.9. The molecule has 3 rings (SSSR count). The van der Waals surface area contributed by atoms with Crippen molar-refractivity contribution in [2.24, 2.45) is 4.99 Å². The topological polar surface area (TPSA) is 46.1 Å². The Kier molecular flexibility index (Phi) is 10.5. The summed E-state index contributed by atoms with van der Waals surface area (Å²) in [5.41, 5.74) is 2.65. The third-order valence-electron chi connectivity index (χ3n) is 5.95. The Hall–Kier alpha value is -1.06. The van der Waals surface area contributed by atoms with E-state index < -0.39 is 0 Å². The molecule has 2 aliphatic heterocycles. The van der Waals surface area contributed by atoms with Crippen LogP contribution in [0.4, 0.5) is 5.69 Å². The number of hydrogen-bond donors (Lipinski definition) is 2. The highest BCUT2D eigenvalue weighted by atomic mass is 127. The molecule has 0 aliphatic carbocycles. The summed E-state index contributed by atoms with van der Waals surface area (Å²) >= 11 is 0. The molecule has 0 bridgehead atoms. The molecule has 164 valence electrons.